The minimum atomic E-state index is 0.464. The number of rotatable bonds is 3. The van der Waals surface area contributed by atoms with Crippen LogP contribution < -0.4 is 10.7 Å². The van der Waals surface area contributed by atoms with Crippen molar-refractivity contribution in [2.24, 2.45) is 5.10 Å². The largest absolute Gasteiger partial charge is 0.331 e. The fourth-order valence-electron chi connectivity index (χ4n) is 2.25. The van der Waals surface area contributed by atoms with Crippen LogP contribution in [0, 0.1) is 6.92 Å². The number of hydrogen-bond acceptors (Lipinski definition) is 2. The minimum absolute atomic E-state index is 0.464. The normalized spacial score (nSPS) is 10.8. The summed E-state index contributed by atoms with van der Waals surface area (Å²) in [6.07, 6.45) is 1.76. The molecule has 0 amide bonds. The van der Waals surface area contributed by atoms with E-state index < -0.39 is 0 Å². The molecule has 4 heteroatoms. The Morgan fingerprint density at radius 3 is 2.48 bits per heavy atom. The molecule has 0 fully saturated rings. The summed E-state index contributed by atoms with van der Waals surface area (Å²) in [5.74, 6) is 0. The number of fused-ring (bicyclic) bond motifs is 1. The lowest BCUT2D eigenvalue weighted by Crippen LogP contribution is -2.23. The van der Waals surface area contributed by atoms with Crippen LogP contribution in [0.3, 0.4) is 0 Å². The molecule has 0 saturated heterocycles. The molecule has 0 unspecified atom stereocenters. The van der Waals surface area contributed by atoms with Gasteiger partial charge in [0.2, 0.25) is 0 Å². The Hall–Kier alpha value is -2.72. The van der Waals surface area contributed by atoms with E-state index in [0.29, 0.717) is 5.11 Å². The van der Waals surface area contributed by atoms with Gasteiger partial charge in [0, 0.05) is 5.69 Å². The number of thiocarbonyl (C=S) groups is 1. The summed E-state index contributed by atoms with van der Waals surface area (Å²) < 4.78 is 0. The molecule has 0 aromatic heterocycles. The number of anilines is 1. The highest BCUT2D eigenvalue weighted by molar-refractivity contribution is 7.80. The number of nitrogens with one attached hydrogen (secondary N) is 2. The molecule has 114 valence electrons. The van der Waals surface area contributed by atoms with E-state index in [4.69, 9.17) is 12.2 Å². The number of benzene rings is 3. The van der Waals surface area contributed by atoms with Gasteiger partial charge in [-0.1, -0.05) is 54.1 Å². The third-order valence-electron chi connectivity index (χ3n) is 3.46. The molecule has 3 aromatic rings. The summed E-state index contributed by atoms with van der Waals surface area (Å²) in [4.78, 5) is 0. The van der Waals surface area contributed by atoms with Gasteiger partial charge in [0.1, 0.15) is 0 Å². The fourth-order valence-corrected chi connectivity index (χ4v) is 2.42. The zero-order valence-corrected chi connectivity index (χ0v) is 13.6. The van der Waals surface area contributed by atoms with E-state index in [1.165, 1.54) is 16.3 Å². The molecule has 0 aliphatic carbocycles. The van der Waals surface area contributed by atoms with E-state index in [2.05, 4.69) is 40.1 Å². The van der Waals surface area contributed by atoms with Crippen molar-refractivity contribution in [1.82, 2.24) is 5.43 Å². The number of hydrazone groups is 1. The van der Waals surface area contributed by atoms with Gasteiger partial charge in [-0.3, -0.25) is 5.43 Å². The van der Waals surface area contributed by atoms with Gasteiger partial charge in [0.15, 0.2) is 5.11 Å². The van der Waals surface area contributed by atoms with E-state index in [0.717, 1.165) is 11.3 Å². The minimum Gasteiger partial charge on any atom is -0.331 e. The Morgan fingerprint density at radius 1 is 0.957 bits per heavy atom. The van der Waals surface area contributed by atoms with Crippen LogP contribution in [0.25, 0.3) is 10.8 Å². The van der Waals surface area contributed by atoms with Crippen LogP contribution in [0.5, 0.6) is 0 Å². The first-order chi connectivity index (χ1) is 11.2. The Labute approximate surface area is 141 Å². The zero-order valence-electron chi connectivity index (χ0n) is 12.8. The first-order valence-corrected chi connectivity index (χ1v) is 7.77. The summed E-state index contributed by atoms with van der Waals surface area (Å²) in [6.45, 7) is 2.05. The Balaban J connectivity index is 1.60. The third kappa shape index (κ3) is 4.14. The van der Waals surface area contributed by atoms with Crippen molar-refractivity contribution in [3.63, 3.8) is 0 Å². The number of nitrogens with zero attached hydrogens (tertiary/aromatic N) is 1. The highest BCUT2D eigenvalue weighted by Crippen LogP contribution is 2.14. The average Bonchev–Trinajstić information content (AvgIpc) is 2.57. The lowest BCUT2D eigenvalue weighted by atomic mass is 10.1. The van der Waals surface area contributed by atoms with Gasteiger partial charge in [0.05, 0.1) is 6.21 Å². The Bertz CT molecular complexity index is 854. The SMILES string of the molecule is Cc1ccc(NC(=S)NN=Cc2ccc3ccccc3c2)cc1. The number of aryl methyl sites for hydroxylation is 1. The summed E-state index contributed by atoms with van der Waals surface area (Å²) in [6, 6.07) is 22.5. The van der Waals surface area contributed by atoms with Gasteiger partial charge in [-0.25, -0.2) is 0 Å². The fraction of sp³-hybridized carbons (Fsp3) is 0.0526. The maximum atomic E-state index is 5.23. The van der Waals surface area contributed by atoms with Crippen molar-refractivity contribution in [1.29, 1.82) is 0 Å². The molecule has 0 aliphatic rings. The summed E-state index contributed by atoms with van der Waals surface area (Å²) in [5, 5.41) is 10.1. The van der Waals surface area contributed by atoms with Crippen molar-refractivity contribution in [3.8, 4) is 0 Å². The summed E-state index contributed by atoms with van der Waals surface area (Å²) >= 11 is 5.23. The van der Waals surface area contributed by atoms with Crippen molar-refractivity contribution >= 4 is 40.0 Å². The molecule has 0 radical (unpaired) electrons. The number of hydrogen-bond donors (Lipinski definition) is 2. The van der Waals surface area contributed by atoms with Crippen LogP contribution in [-0.2, 0) is 0 Å². The predicted octanol–water partition coefficient (Wildman–Crippen LogP) is 4.47. The monoisotopic (exact) mass is 319 g/mol. The van der Waals surface area contributed by atoms with E-state index in [9.17, 15) is 0 Å². The van der Waals surface area contributed by atoms with Crippen molar-refractivity contribution in [2.75, 3.05) is 5.32 Å². The van der Waals surface area contributed by atoms with Crippen molar-refractivity contribution < 1.29 is 0 Å². The molecule has 0 heterocycles. The van der Waals surface area contributed by atoms with Gasteiger partial charge in [-0.05, 0) is 53.7 Å². The molecule has 0 atom stereocenters. The van der Waals surface area contributed by atoms with Gasteiger partial charge in [0.25, 0.3) is 0 Å². The Morgan fingerprint density at radius 2 is 1.70 bits per heavy atom. The maximum Gasteiger partial charge on any atom is 0.191 e. The summed E-state index contributed by atoms with van der Waals surface area (Å²) in [5.41, 5.74) is 6.01. The molecule has 0 aliphatic heterocycles. The first kappa shape index (κ1) is 15.2. The van der Waals surface area contributed by atoms with E-state index in [1.54, 1.807) is 6.21 Å². The van der Waals surface area contributed by atoms with Gasteiger partial charge >= 0.3 is 0 Å². The highest BCUT2D eigenvalue weighted by Gasteiger charge is 1.96. The molecule has 3 nitrogen and oxygen atoms in total. The molecular weight excluding hydrogens is 302 g/mol. The summed E-state index contributed by atoms with van der Waals surface area (Å²) in [7, 11) is 0. The van der Waals surface area contributed by atoms with Crippen LogP contribution in [0.4, 0.5) is 5.69 Å². The lowest BCUT2D eigenvalue weighted by molar-refractivity contribution is 1.05. The van der Waals surface area contributed by atoms with Crippen LogP contribution >= 0.6 is 12.2 Å². The molecule has 2 N–H and O–H groups in total. The van der Waals surface area contributed by atoms with Crippen molar-refractivity contribution in [3.05, 3.63) is 77.9 Å². The average molecular weight is 319 g/mol. The predicted molar refractivity (Wildman–Crippen MR) is 102 cm³/mol. The van der Waals surface area contributed by atoms with Crippen molar-refractivity contribution in [2.45, 2.75) is 6.92 Å². The second kappa shape index (κ2) is 7.03. The molecule has 0 spiro atoms. The van der Waals surface area contributed by atoms with Crippen LogP contribution in [0.15, 0.2) is 71.8 Å². The van der Waals surface area contributed by atoms with Crippen LogP contribution in [-0.4, -0.2) is 11.3 Å². The van der Waals surface area contributed by atoms with Gasteiger partial charge < -0.3 is 5.32 Å². The second-order valence-electron chi connectivity index (χ2n) is 5.30. The molecule has 3 aromatic carbocycles. The molecule has 0 saturated carbocycles. The van der Waals surface area contributed by atoms with Crippen LogP contribution in [0.2, 0.25) is 0 Å². The lowest BCUT2D eigenvalue weighted by Gasteiger charge is -2.07. The zero-order chi connectivity index (χ0) is 16.1. The molecular formula is C19H17N3S. The van der Waals surface area contributed by atoms with E-state index >= 15 is 0 Å². The Kier molecular flexibility index (Phi) is 4.64. The molecule has 23 heavy (non-hydrogen) atoms. The van der Waals surface area contributed by atoms with Gasteiger partial charge in [-0.15, -0.1) is 0 Å². The van der Waals surface area contributed by atoms with Gasteiger partial charge in [-0.2, -0.15) is 5.10 Å². The van der Waals surface area contributed by atoms with E-state index in [1.807, 2.05) is 49.4 Å². The third-order valence-corrected chi connectivity index (χ3v) is 3.66. The second-order valence-corrected chi connectivity index (χ2v) is 5.70. The molecule has 3 rings (SSSR count). The molecule has 0 bridgehead atoms. The standard InChI is InChI=1S/C19H17N3S/c1-14-6-10-18(11-7-14)21-19(23)22-20-13-15-8-9-16-4-2-3-5-17(16)12-15/h2-13H,1H3,(H2,21,22,23). The van der Waals surface area contributed by atoms with Crippen LogP contribution in [0.1, 0.15) is 11.1 Å². The quantitative estimate of drug-likeness (QED) is 0.425. The topological polar surface area (TPSA) is 36.4 Å². The van der Waals surface area contributed by atoms with E-state index in [-0.39, 0.29) is 0 Å². The first-order valence-electron chi connectivity index (χ1n) is 7.36. The maximum absolute atomic E-state index is 5.23. The smallest absolute Gasteiger partial charge is 0.191 e. The highest BCUT2D eigenvalue weighted by atomic mass is 32.1.